The number of nitrogens with zero attached hydrogens (tertiary/aromatic N) is 2. The van der Waals surface area contributed by atoms with E-state index >= 15 is 0 Å². The number of amides is 1. The number of piperidine rings is 1. The van der Waals surface area contributed by atoms with E-state index in [-0.39, 0.29) is 31.2 Å². The molecule has 6 nitrogen and oxygen atoms in total. The molecule has 1 saturated heterocycles. The third-order valence-electron chi connectivity index (χ3n) is 4.52. The Morgan fingerprint density at radius 1 is 1.15 bits per heavy atom. The van der Waals surface area contributed by atoms with Crippen molar-refractivity contribution in [1.82, 2.24) is 9.88 Å². The summed E-state index contributed by atoms with van der Waals surface area (Å²) < 4.78 is 13.0. The third kappa shape index (κ3) is 3.72. The summed E-state index contributed by atoms with van der Waals surface area (Å²) in [6.45, 7) is 1.85. The van der Waals surface area contributed by atoms with Gasteiger partial charge in [-0.1, -0.05) is 0 Å². The number of halogens is 1. The molecule has 2 atom stereocenters. The molecule has 0 bridgehead atoms. The number of benzene rings is 1. The second kappa shape index (κ2) is 7.21. The van der Waals surface area contributed by atoms with E-state index in [1.807, 2.05) is 0 Å². The van der Waals surface area contributed by atoms with Crippen molar-refractivity contribution in [2.45, 2.75) is 19.4 Å². The molecule has 1 amide bonds. The Bertz CT molecular complexity index is 838. The molecule has 3 rings (SSSR count). The number of aliphatic hydroxyl groups is 1. The maximum absolute atomic E-state index is 13.0. The number of aryl methyl sites for hydroxylation is 1. The van der Waals surface area contributed by atoms with E-state index < -0.39 is 18.0 Å². The number of aliphatic carboxylic acids is 1. The van der Waals surface area contributed by atoms with E-state index in [1.54, 1.807) is 31.2 Å². The number of β-amino-alcohol motifs (C(OH)–C–C–N with tert-alkyl or cyclic N) is 1. The van der Waals surface area contributed by atoms with E-state index in [4.69, 9.17) is 0 Å². The van der Waals surface area contributed by atoms with Gasteiger partial charge in [0, 0.05) is 18.7 Å². The van der Waals surface area contributed by atoms with E-state index in [9.17, 15) is 24.2 Å². The number of carbonyl (C=O) groups is 2. The molecule has 1 aliphatic heterocycles. The van der Waals surface area contributed by atoms with Crippen LogP contribution in [0.15, 0.2) is 36.4 Å². The molecule has 1 aliphatic rings. The molecule has 2 unspecified atom stereocenters. The number of aromatic nitrogens is 1. The molecule has 1 fully saturated rings. The highest BCUT2D eigenvalue weighted by Gasteiger charge is 2.33. The summed E-state index contributed by atoms with van der Waals surface area (Å²) >= 11 is 0. The second-order valence-corrected chi connectivity index (χ2v) is 6.47. The predicted octanol–water partition coefficient (Wildman–Crippen LogP) is 2.10. The minimum Gasteiger partial charge on any atom is -0.481 e. The summed E-state index contributed by atoms with van der Waals surface area (Å²) in [6.07, 6.45) is -0.722. The Balaban J connectivity index is 1.83. The lowest BCUT2D eigenvalue weighted by atomic mass is 9.95. The Labute approximate surface area is 149 Å². The van der Waals surface area contributed by atoms with E-state index in [0.29, 0.717) is 17.0 Å². The van der Waals surface area contributed by atoms with Crippen LogP contribution in [0.2, 0.25) is 0 Å². The van der Waals surface area contributed by atoms with Gasteiger partial charge in [-0.2, -0.15) is 0 Å². The van der Waals surface area contributed by atoms with Crippen LogP contribution in [0, 0.1) is 18.7 Å². The molecule has 0 radical (unpaired) electrons. The molecule has 2 aromatic rings. The molecule has 26 heavy (non-hydrogen) atoms. The number of pyridine rings is 1. The molecule has 7 heteroatoms. The predicted molar refractivity (Wildman–Crippen MR) is 92.0 cm³/mol. The zero-order valence-corrected chi connectivity index (χ0v) is 14.2. The average Bonchev–Trinajstić information content (AvgIpc) is 2.61. The lowest BCUT2D eigenvalue weighted by Gasteiger charge is -2.34. The SMILES string of the molecule is Cc1nc(-c2ccc(F)cc2)ccc1C(=O)N1CC(O)CC(C(=O)O)C1. The quantitative estimate of drug-likeness (QED) is 0.877. The first-order chi connectivity index (χ1) is 12.3. The average molecular weight is 358 g/mol. The minimum atomic E-state index is -1.02. The second-order valence-electron chi connectivity index (χ2n) is 6.47. The van der Waals surface area contributed by atoms with Crippen molar-refractivity contribution in [3.05, 3.63) is 53.5 Å². The van der Waals surface area contributed by atoms with E-state index in [2.05, 4.69) is 4.98 Å². The number of hydrogen-bond donors (Lipinski definition) is 2. The summed E-state index contributed by atoms with van der Waals surface area (Å²) in [5, 5.41) is 19.1. The number of carboxylic acids is 1. The van der Waals surface area contributed by atoms with Crippen LogP contribution in [0.3, 0.4) is 0 Å². The van der Waals surface area contributed by atoms with Gasteiger partial charge >= 0.3 is 5.97 Å². The monoisotopic (exact) mass is 358 g/mol. The van der Waals surface area contributed by atoms with E-state index in [1.165, 1.54) is 17.0 Å². The fourth-order valence-corrected chi connectivity index (χ4v) is 3.16. The molecule has 136 valence electrons. The topological polar surface area (TPSA) is 90.7 Å². The first-order valence-corrected chi connectivity index (χ1v) is 8.29. The molecule has 1 aromatic heterocycles. The highest BCUT2D eigenvalue weighted by atomic mass is 19.1. The molecule has 0 aliphatic carbocycles. The zero-order chi connectivity index (χ0) is 18.8. The van der Waals surface area contributed by atoms with Gasteiger partial charge in [0.05, 0.1) is 29.0 Å². The van der Waals surface area contributed by atoms with Crippen LogP contribution in [0.25, 0.3) is 11.3 Å². The fourth-order valence-electron chi connectivity index (χ4n) is 3.16. The summed E-state index contributed by atoms with van der Waals surface area (Å²) in [7, 11) is 0. The molecule has 0 saturated carbocycles. The number of aliphatic hydroxyl groups excluding tert-OH is 1. The van der Waals surface area contributed by atoms with Gasteiger partial charge in [0.2, 0.25) is 0 Å². The Hall–Kier alpha value is -2.80. The van der Waals surface area contributed by atoms with Crippen molar-refractivity contribution in [3.63, 3.8) is 0 Å². The lowest BCUT2D eigenvalue weighted by molar-refractivity contribution is -0.144. The first kappa shape index (κ1) is 18.0. The molecular formula is C19H19FN2O4. The largest absolute Gasteiger partial charge is 0.481 e. The number of carboxylic acid groups (broad SMARTS) is 1. The standard InChI is InChI=1S/C19H19FN2O4/c1-11-16(6-7-17(21-11)12-2-4-14(20)5-3-12)18(24)22-9-13(19(25)26)8-15(23)10-22/h2-7,13,15,23H,8-10H2,1H3,(H,25,26). The van der Waals surface area contributed by atoms with Gasteiger partial charge in [-0.05, 0) is 49.7 Å². The Kier molecular flexibility index (Phi) is 4.99. The molecule has 1 aromatic carbocycles. The van der Waals surface area contributed by atoms with E-state index in [0.717, 1.165) is 5.56 Å². The van der Waals surface area contributed by atoms with Crippen molar-refractivity contribution < 1.29 is 24.2 Å². The summed E-state index contributed by atoms with van der Waals surface area (Å²) in [6, 6.07) is 9.19. The van der Waals surface area contributed by atoms with Crippen LogP contribution in [-0.4, -0.2) is 51.2 Å². The van der Waals surface area contributed by atoms with Gasteiger partial charge in [-0.15, -0.1) is 0 Å². The number of carbonyl (C=O) groups excluding carboxylic acids is 1. The first-order valence-electron chi connectivity index (χ1n) is 8.29. The van der Waals surface area contributed by atoms with Crippen molar-refractivity contribution >= 4 is 11.9 Å². The maximum atomic E-state index is 13.0. The number of likely N-dealkylation sites (tertiary alicyclic amines) is 1. The smallest absolute Gasteiger partial charge is 0.308 e. The maximum Gasteiger partial charge on any atom is 0.308 e. The van der Waals surface area contributed by atoms with Crippen LogP contribution in [0.1, 0.15) is 22.5 Å². The van der Waals surface area contributed by atoms with Crippen molar-refractivity contribution in [2.24, 2.45) is 5.92 Å². The van der Waals surface area contributed by atoms with Crippen molar-refractivity contribution in [2.75, 3.05) is 13.1 Å². The highest BCUT2D eigenvalue weighted by Crippen LogP contribution is 2.23. The Morgan fingerprint density at radius 2 is 1.85 bits per heavy atom. The summed E-state index contributed by atoms with van der Waals surface area (Å²) in [5.74, 6) is -2.50. The number of hydrogen-bond acceptors (Lipinski definition) is 4. The van der Waals surface area contributed by atoms with Crippen LogP contribution in [0.5, 0.6) is 0 Å². The Morgan fingerprint density at radius 3 is 2.46 bits per heavy atom. The molecule has 2 N–H and O–H groups in total. The van der Waals surface area contributed by atoms with Gasteiger partial charge in [-0.25, -0.2) is 4.39 Å². The van der Waals surface area contributed by atoms with Gasteiger partial charge in [-0.3, -0.25) is 14.6 Å². The highest BCUT2D eigenvalue weighted by molar-refractivity contribution is 5.96. The van der Waals surface area contributed by atoms with Crippen molar-refractivity contribution in [3.8, 4) is 11.3 Å². The normalized spacial score (nSPS) is 20.0. The third-order valence-corrected chi connectivity index (χ3v) is 4.52. The molecular weight excluding hydrogens is 339 g/mol. The van der Waals surface area contributed by atoms with Crippen LogP contribution >= 0.6 is 0 Å². The summed E-state index contributed by atoms with van der Waals surface area (Å²) in [4.78, 5) is 29.7. The zero-order valence-electron chi connectivity index (χ0n) is 14.2. The van der Waals surface area contributed by atoms with Gasteiger partial charge < -0.3 is 15.1 Å². The van der Waals surface area contributed by atoms with Gasteiger partial charge in [0.25, 0.3) is 5.91 Å². The van der Waals surface area contributed by atoms with Gasteiger partial charge in [0.15, 0.2) is 0 Å². The minimum absolute atomic E-state index is 0.0599. The van der Waals surface area contributed by atoms with Crippen LogP contribution < -0.4 is 0 Å². The lowest BCUT2D eigenvalue weighted by Crippen LogP contribution is -2.48. The van der Waals surface area contributed by atoms with Crippen LogP contribution in [0.4, 0.5) is 4.39 Å². The summed E-state index contributed by atoms with van der Waals surface area (Å²) in [5.41, 5.74) is 2.19. The molecule has 0 spiro atoms. The van der Waals surface area contributed by atoms with Crippen LogP contribution in [-0.2, 0) is 4.79 Å². The van der Waals surface area contributed by atoms with Crippen molar-refractivity contribution in [1.29, 1.82) is 0 Å². The van der Waals surface area contributed by atoms with Gasteiger partial charge in [0.1, 0.15) is 5.82 Å². The fraction of sp³-hybridized carbons (Fsp3) is 0.316. The molecule has 2 heterocycles. The number of rotatable bonds is 3.